The quantitative estimate of drug-likeness (QED) is 0.781. The third-order valence-electron chi connectivity index (χ3n) is 3.11. The van der Waals surface area contributed by atoms with Gasteiger partial charge in [0, 0.05) is 18.2 Å². The zero-order valence-electron chi connectivity index (χ0n) is 13.4. The van der Waals surface area contributed by atoms with Gasteiger partial charge in [-0.3, -0.25) is 14.6 Å². The highest BCUT2D eigenvalue weighted by Crippen LogP contribution is 2.20. The average Bonchev–Trinajstić information content (AvgIpc) is 2.44. The lowest BCUT2D eigenvalue weighted by Gasteiger charge is -2.30. The summed E-state index contributed by atoms with van der Waals surface area (Å²) >= 11 is 0. The highest BCUT2D eigenvalue weighted by molar-refractivity contribution is 5.82. The number of aromatic nitrogens is 1. The van der Waals surface area contributed by atoms with Crippen LogP contribution in [0.15, 0.2) is 24.4 Å². The van der Waals surface area contributed by atoms with Crippen LogP contribution in [0.5, 0.6) is 0 Å². The van der Waals surface area contributed by atoms with Gasteiger partial charge in [-0.25, -0.2) is 0 Å². The van der Waals surface area contributed by atoms with Crippen molar-refractivity contribution >= 4 is 11.9 Å². The number of nitrogens with zero attached hydrogens (tertiary/aromatic N) is 2. The van der Waals surface area contributed by atoms with Gasteiger partial charge >= 0.3 is 5.97 Å². The molecule has 116 valence electrons. The Bertz CT molecular complexity index is 480. The van der Waals surface area contributed by atoms with Gasteiger partial charge in [0.2, 0.25) is 5.91 Å². The normalized spacial score (nSPS) is 12.6. The van der Waals surface area contributed by atoms with E-state index in [2.05, 4.69) is 4.98 Å². The summed E-state index contributed by atoms with van der Waals surface area (Å²) in [5, 5.41) is 0. The predicted octanol–water partition coefficient (Wildman–Crippen LogP) is 2.27. The Morgan fingerprint density at radius 3 is 2.48 bits per heavy atom. The van der Waals surface area contributed by atoms with Crippen LogP contribution >= 0.6 is 0 Å². The van der Waals surface area contributed by atoms with Gasteiger partial charge in [-0.1, -0.05) is 33.8 Å². The molecule has 0 aliphatic carbocycles. The van der Waals surface area contributed by atoms with E-state index in [0.29, 0.717) is 13.1 Å². The van der Waals surface area contributed by atoms with Gasteiger partial charge in [0.25, 0.3) is 0 Å². The lowest BCUT2D eigenvalue weighted by molar-refractivity contribution is -0.148. The Hall–Kier alpha value is -1.91. The summed E-state index contributed by atoms with van der Waals surface area (Å²) in [5.74, 6) is -0.698. The van der Waals surface area contributed by atoms with Crippen LogP contribution in [0.3, 0.4) is 0 Å². The van der Waals surface area contributed by atoms with Gasteiger partial charge in [0.15, 0.2) is 0 Å². The maximum Gasteiger partial charge on any atom is 0.310 e. The van der Waals surface area contributed by atoms with E-state index in [9.17, 15) is 9.59 Å². The largest absolute Gasteiger partial charge is 0.469 e. The molecule has 0 saturated heterocycles. The fourth-order valence-corrected chi connectivity index (χ4v) is 1.99. The van der Waals surface area contributed by atoms with Crippen LogP contribution in [-0.4, -0.2) is 35.4 Å². The van der Waals surface area contributed by atoms with Gasteiger partial charge in [0.05, 0.1) is 25.3 Å². The first-order valence-electron chi connectivity index (χ1n) is 7.02. The summed E-state index contributed by atoms with van der Waals surface area (Å²) in [7, 11) is 1.35. The van der Waals surface area contributed by atoms with Gasteiger partial charge in [0.1, 0.15) is 0 Å². The Labute approximate surface area is 126 Å². The van der Waals surface area contributed by atoms with Gasteiger partial charge in [-0.05, 0) is 12.1 Å². The molecule has 0 spiro atoms. The minimum absolute atomic E-state index is 0.0103. The van der Waals surface area contributed by atoms with Crippen LogP contribution in [-0.2, 0) is 20.9 Å². The van der Waals surface area contributed by atoms with Crippen molar-refractivity contribution in [2.75, 3.05) is 13.7 Å². The smallest absolute Gasteiger partial charge is 0.310 e. The van der Waals surface area contributed by atoms with Crippen LogP contribution in [0, 0.1) is 11.3 Å². The first-order chi connectivity index (χ1) is 9.75. The summed E-state index contributed by atoms with van der Waals surface area (Å²) in [6.45, 7) is 8.06. The van der Waals surface area contributed by atoms with Crippen LogP contribution in [0.25, 0.3) is 0 Å². The number of amides is 1. The highest BCUT2D eigenvalue weighted by Gasteiger charge is 2.30. The molecule has 1 unspecified atom stereocenters. The second-order valence-electron chi connectivity index (χ2n) is 6.18. The first-order valence-corrected chi connectivity index (χ1v) is 7.02. The summed E-state index contributed by atoms with van der Waals surface area (Å²) < 4.78 is 4.74. The fraction of sp³-hybridized carbons (Fsp3) is 0.562. The topological polar surface area (TPSA) is 59.5 Å². The van der Waals surface area contributed by atoms with E-state index in [1.165, 1.54) is 7.11 Å². The molecule has 1 amide bonds. The maximum absolute atomic E-state index is 12.6. The molecule has 0 radical (unpaired) electrons. The van der Waals surface area contributed by atoms with Crippen LogP contribution in [0.2, 0.25) is 0 Å². The van der Waals surface area contributed by atoms with Crippen LogP contribution < -0.4 is 0 Å². The molecule has 1 aromatic heterocycles. The SMILES string of the molecule is COC(=O)C(C)CN(Cc1ccccn1)C(=O)C(C)(C)C. The molecular formula is C16H24N2O3. The molecule has 1 rings (SSSR count). The molecule has 5 heteroatoms. The molecule has 5 nitrogen and oxygen atoms in total. The number of carbonyl (C=O) groups is 2. The summed E-state index contributed by atoms with van der Waals surface area (Å²) in [6, 6.07) is 5.58. The predicted molar refractivity (Wildman–Crippen MR) is 80.3 cm³/mol. The van der Waals surface area contributed by atoms with Crippen molar-refractivity contribution in [2.24, 2.45) is 11.3 Å². The standard InChI is InChI=1S/C16H24N2O3/c1-12(14(19)21-5)10-18(15(20)16(2,3)4)11-13-8-6-7-9-17-13/h6-9,12H,10-11H2,1-5H3. The van der Waals surface area contributed by atoms with Crippen molar-refractivity contribution in [3.05, 3.63) is 30.1 Å². The maximum atomic E-state index is 12.6. The number of esters is 1. The first kappa shape index (κ1) is 17.1. The van der Waals surface area contributed by atoms with E-state index < -0.39 is 5.41 Å². The lowest BCUT2D eigenvalue weighted by Crippen LogP contribution is -2.42. The van der Waals surface area contributed by atoms with E-state index in [1.807, 2.05) is 39.0 Å². The number of rotatable bonds is 5. The Balaban J connectivity index is 2.90. The second kappa shape index (κ2) is 7.20. The van der Waals surface area contributed by atoms with Gasteiger partial charge in [-0.2, -0.15) is 0 Å². The minimum atomic E-state index is -0.509. The van der Waals surface area contributed by atoms with Crippen molar-refractivity contribution in [1.29, 1.82) is 0 Å². The number of methoxy groups -OCH3 is 1. The number of ether oxygens (including phenoxy) is 1. The van der Waals surface area contributed by atoms with Crippen LogP contribution in [0.4, 0.5) is 0 Å². The molecule has 0 N–H and O–H groups in total. The molecule has 1 heterocycles. The number of pyridine rings is 1. The molecule has 0 bridgehead atoms. The monoisotopic (exact) mass is 292 g/mol. The van der Waals surface area contributed by atoms with Crippen molar-refractivity contribution in [1.82, 2.24) is 9.88 Å². The Morgan fingerprint density at radius 1 is 1.33 bits per heavy atom. The van der Waals surface area contributed by atoms with Gasteiger partial charge in [-0.15, -0.1) is 0 Å². The molecule has 0 aliphatic rings. The zero-order chi connectivity index (χ0) is 16.0. The Kier molecular flexibility index (Phi) is 5.88. The minimum Gasteiger partial charge on any atom is -0.469 e. The average molecular weight is 292 g/mol. The van der Waals surface area contributed by atoms with E-state index >= 15 is 0 Å². The molecule has 1 aromatic rings. The van der Waals surface area contributed by atoms with Crippen molar-refractivity contribution in [3.8, 4) is 0 Å². The van der Waals surface area contributed by atoms with Crippen molar-refractivity contribution in [2.45, 2.75) is 34.2 Å². The summed E-state index contributed by atoms with van der Waals surface area (Å²) in [6.07, 6.45) is 1.69. The van der Waals surface area contributed by atoms with E-state index in [1.54, 1.807) is 18.0 Å². The zero-order valence-corrected chi connectivity index (χ0v) is 13.4. The lowest BCUT2D eigenvalue weighted by atomic mass is 9.94. The molecule has 21 heavy (non-hydrogen) atoms. The van der Waals surface area contributed by atoms with E-state index in [-0.39, 0.29) is 17.8 Å². The number of hydrogen-bond acceptors (Lipinski definition) is 4. The third-order valence-corrected chi connectivity index (χ3v) is 3.11. The second-order valence-corrected chi connectivity index (χ2v) is 6.18. The molecule has 0 aliphatic heterocycles. The van der Waals surface area contributed by atoms with E-state index in [0.717, 1.165) is 5.69 Å². The highest BCUT2D eigenvalue weighted by atomic mass is 16.5. The third kappa shape index (κ3) is 5.17. The molecule has 0 fully saturated rings. The van der Waals surface area contributed by atoms with Crippen molar-refractivity contribution < 1.29 is 14.3 Å². The summed E-state index contributed by atoms with van der Waals surface area (Å²) in [5.41, 5.74) is 0.289. The molecule has 1 atom stereocenters. The van der Waals surface area contributed by atoms with Gasteiger partial charge < -0.3 is 9.64 Å². The van der Waals surface area contributed by atoms with Crippen molar-refractivity contribution in [3.63, 3.8) is 0 Å². The Morgan fingerprint density at radius 2 is 2.00 bits per heavy atom. The number of hydrogen-bond donors (Lipinski definition) is 0. The molecule has 0 aromatic carbocycles. The summed E-state index contributed by atoms with van der Waals surface area (Å²) in [4.78, 5) is 30.1. The fourth-order valence-electron chi connectivity index (χ4n) is 1.99. The number of carbonyl (C=O) groups excluding carboxylic acids is 2. The van der Waals surface area contributed by atoms with E-state index in [4.69, 9.17) is 4.74 Å². The molecule has 0 saturated carbocycles. The van der Waals surface area contributed by atoms with Crippen LogP contribution in [0.1, 0.15) is 33.4 Å². The molecular weight excluding hydrogens is 268 g/mol.